The van der Waals surface area contributed by atoms with E-state index in [-0.39, 0.29) is 0 Å². The van der Waals surface area contributed by atoms with E-state index in [2.05, 4.69) is 49.7 Å². The molecule has 0 bridgehead atoms. The lowest BCUT2D eigenvalue weighted by Crippen LogP contribution is -2.19. The first kappa shape index (κ1) is 15.9. The van der Waals surface area contributed by atoms with E-state index in [1.807, 2.05) is 23.5 Å². The standard InChI is InChI=1S/C15H25NS2/c1-4-9-16-13(2)14-7-5-8-15(12-14)18-11-6-10-17-3/h5,7-8,12-13,16H,4,6,9-11H2,1-3H3. The largest absolute Gasteiger partial charge is 0.310 e. The SMILES string of the molecule is CCCNC(C)c1cccc(SCCCSC)c1. The fourth-order valence-corrected chi connectivity index (χ4v) is 3.28. The van der Waals surface area contributed by atoms with Gasteiger partial charge in [-0.2, -0.15) is 11.8 Å². The highest BCUT2D eigenvalue weighted by atomic mass is 32.2. The number of hydrogen-bond acceptors (Lipinski definition) is 3. The fourth-order valence-electron chi connectivity index (χ4n) is 1.75. The summed E-state index contributed by atoms with van der Waals surface area (Å²) in [5.41, 5.74) is 1.40. The van der Waals surface area contributed by atoms with E-state index < -0.39 is 0 Å². The topological polar surface area (TPSA) is 12.0 Å². The highest BCUT2D eigenvalue weighted by Crippen LogP contribution is 2.23. The van der Waals surface area contributed by atoms with Crippen molar-refractivity contribution in [3.63, 3.8) is 0 Å². The molecule has 0 aromatic heterocycles. The van der Waals surface area contributed by atoms with Crippen LogP contribution in [-0.2, 0) is 0 Å². The van der Waals surface area contributed by atoms with Crippen molar-refractivity contribution in [1.82, 2.24) is 5.32 Å². The van der Waals surface area contributed by atoms with E-state index in [1.165, 1.54) is 34.8 Å². The maximum atomic E-state index is 3.54. The molecule has 0 fully saturated rings. The summed E-state index contributed by atoms with van der Waals surface area (Å²) in [5.74, 6) is 2.49. The second-order valence-corrected chi connectivity index (χ2v) is 6.60. The normalized spacial score (nSPS) is 12.6. The van der Waals surface area contributed by atoms with Gasteiger partial charge in [0.2, 0.25) is 0 Å². The van der Waals surface area contributed by atoms with Gasteiger partial charge in [-0.15, -0.1) is 11.8 Å². The molecule has 102 valence electrons. The Bertz CT molecular complexity index is 328. The van der Waals surface area contributed by atoms with Crippen molar-refractivity contribution < 1.29 is 0 Å². The number of benzene rings is 1. The summed E-state index contributed by atoms with van der Waals surface area (Å²) >= 11 is 3.91. The highest BCUT2D eigenvalue weighted by molar-refractivity contribution is 7.99. The molecule has 0 aliphatic carbocycles. The molecule has 0 heterocycles. The molecular weight excluding hydrogens is 258 g/mol. The first-order valence-corrected chi connectivity index (χ1v) is 9.11. The molecule has 1 aromatic rings. The van der Waals surface area contributed by atoms with E-state index in [9.17, 15) is 0 Å². The first-order chi connectivity index (χ1) is 8.77. The smallest absolute Gasteiger partial charge is 0.0292 e. The van der Waals surface area contributed by atoms with Crippen molar-refractivity contribution in [2.75, 3.05) is 24.3 Å². The van der Waals surface area contributed by atoms with E-state index in [0.29, 0.717) is 6.04 Å². The van der Waals surface area contributed by atoms with E-state index in [0.717, 1.165) is 6.54 Å². The van der Waals surface area contributed by atoms with Crippen LogP contribution in [-0.4, -0.2) is 24.3 Å². The number of thioether (sulfide) groups is 2. The predicted molar refractivity (Wildman–Crippen MR) is 86.9 cm³/mol. The predicted octanol–water partition coefficient (Wildman–Crippen LogP) is 4.59. The Balaban J connectivity index is 2.45. The number of nitrogens with one attached hydrogen (secondary N) is 1. The molecular formula is C15H25NS2. The average molecular weight is 284 g/mol. The van der Waals surface area contributed by atoms with Gasteiger partial charge >= 0.3 is 0 Å². The molecule has 1 rings (SSSR count). The zero-order chi connectivity index (χ0) is 13.2. The molecule has 18 heavy (non-hydrogen) atoms. The summed E-state index contributed by atoms with van der Waals surface area (Å²) in [6.07, 6.45) is 4.65. The Labute approximate surface area is 121 Å². The van der Waals surface area contributed by atoms with Gasteiger partial charge in [-0.1, -0.05) is 19.1 Å². The molecule has 1 N–H and O–H groups in total. The Morgan fingerprint density at radius 2 is 2.11 bits per heavy atom. The van der Waals surface area contributed by atoms with Crippen LogP contribution in [0.25, 0.3) is 0 Å². The van der Waals surface area contributed by atoms with Crippen LogP contribution in [0.4, 0.5) is 0 Å². The van der Waals surface area contributed by atoms with Gasteiger partial charge in [-0.3, -0.25) is 0 Å². The zero-order valence-electron chi connectivity index (χ0n) is 11.7. The summed E-state index contributed by atoms with van der Waals surface area (Å²) in [5, 5.41) is 3.54. The van der Waals surface area contributed by atoms with Crippen LogP contribution in [0.1, 0.15) is 38.3 Å². The van der Waals surface area contributed by atoms with Crippen LogP contribution in [0.5, 0.6) is 0 Å². The Morgan fingerprint density at radius 3 is 2.83 bits per heavy atom. The van der Waals surface area contributed by atoms with E-state index >= 15 is 0 Å². The van der Waals surface area contributed by atoms with Gasteiger partial charge < -0.3 is 5.32 Å². The van der Waals surface area contributed by atoms with Crippen LogP contribution in [0.15, 0.2) is 29.2 Å². The fraction of sp³-hybridized carbons (Fsp3) is 0.600. The summed E-state index contributed by atoms with van der Waals surface area (Å²) in [7, 11) is 0. The summed E-state index contributed by atoms with van der Waals surface area (Å²) in [6, 6.07) is 9.41. The van der Waals surface area contributed by atoms with Gasteiger partial charge in [0, 0.05) is 10.9 Å². The lowest BCUT2D eigenvalue weighted by Gasteiger charge is -2.14. The molecule has 1 unspecified atom stereocenters. The maximum absolute atomic E-state index is 3.54. The average Bonchev–Trinajstić information content (AvgIpc) is 2.41. The molecule has 0 radical (unpaired) electrons. The number of rotatable bonds is 9. The highest BCUT2D eigenvalue weighted by Gasteiger charge is 2.04. The Morgan fingerprint density at radius 1 is 1.28 bits per heavy atom. The Kier molecular flexibility index (Phi) is 8.64. The van der Waals surface area contributed by atoms with Crippen LogP contribution in [0.3, 0.4) is 0 Å². The maximum Gasteiger partial charge on any atom is 0.0292 e. The molecule has 1 aromatic carbocycles. The van der Waals surface area contributed by atoms with Crippen LogP contribution in [0, 0.1) is 0 Å². The lowest BCUT2D eigenvalue weighted by atomic mass is 10.1. The molecule has 1 atom stereocenters. The van der Waals surface area contributed by atoms with Gasteiger partial charge in [0.05, 0.1) is 0 Å². The quantitative estimate of drug-likeness (QED) is 0.526. The van der Waals surface area contributed by atoms with Crippen molar-refractivity contribution in [1.29, 1.82) is 0 Å². The molecule has 0 saturated heterocycles. The summed E-state index contributed by atoms with van der Waals surface area (Å²) in [6.45, 7) is 5.54. The zero-order valence-corrected chi connectivity index (χ0v) is 13.4. The first-order valence-electron chi connectivity index (χ1n) is 6.73. The van der Waals surface area contributed by atoms with Crippen LogP contribution < -0.4 is 5.32 Å². The van der Waals surface area contributed by atoms with Crippen molar-refractivity contribution >= 4 is 23.5 Å². The van der Waals surface area contributed by atoms with Crippen LogP contribution in [0.2, 0.25) is 0 Å². The minimum Gasteiger partial charge on any atom is -0.310 e. The molecule has 1 nitrogen and oxygen atoms in total. The molecule has 0 aliphatic rings. The molecule has 0 saturated carbocycles. The van der Waals surface area contributed by atoms with Gasteiger partial charge in [-0.25, -0.2) is 0 Å². The molecule has 0 spiro atoms. The molecule has 0 amide bonds. The monoisotopic (exact) mass is 283 g/mol. The second-order valence-electron chi connectivity index (χ2n) is 4.44. The lowest BCUT2D eigenvalue weighted by molar-refractivity contribution is 0.570. The minimum absolute atomic E-state index is 0.455. The third kappa shape index (κ3) is 6.17. The van der Waals surface area contributed by atoms with E-state index in [4.69, 9.17) is 0 Å². The number of hydrogen-bond donors (Lipinski definition) is 1. The van der Waals surface area contributed by atoms with Crippen molar-refractivity contribution in [3.8, 4) is 0 Å². The third-order valence-electron chi connectivity index (χ3n) is 2.82. The van der Waals surface area contributed by atoms with Crippen molar-refractivity contribution in [2.45, 2.75) is 37.6 Å². The Hall–Kier alpha value is -0.120. The van der Waals surface area contributed by atoms with Gasteiger partial charge in [0.15, 0.2) is 0 Å². The van der Waals surface area contributed by atoms with E-state index in [1.54, 1.807) is 0 Å². The van der Waals surface area contributed by atoms with Crippen molar-refractivity contribution in [2.24, 2.45) is 0 Å². The molecule has 0 aliphatic heterocycles. The van der Waals surface area contributed by atoms with Gasteiger partial charge in [0.25, 0.3) is 0 Å². The third-order valence-corrected chi connectivity index (χ3v) is 4.60. The summed E-state index contributed by atoms with van der Waals surface area (Å²) < 4.78 is 0. The van der Waals surface area contributed by atoms with Gasteiger partial charge in [0.1, 0.15) is 0 Å². The summed E-state index contributed by atoms with van der Waals surface area (Å²) in [4.78, 5) is 1.40. The minimum atomic E-state index is 0.455. The van der Waals surface area contributed by atoms with Gasteiger partial charge in [-0.05, 0) is 61.8 Å². The van der Waals surface area contributed by atoms with Crippen LogP contribution >= 0.6 is 23.5 Å². The van der Waals surface area contributed by atoms with Crippen molar-refractivity contribution in [3.05, 3.63) is 29.8 Å². The molecule has 3 heteroatoms. The second kappa shape index (κ2) is 9.76.